The van der Waals surface area contributed by atoms with Crippen LogP contribution in [-0.4, -0.2) is 138 Å². The maximum atomic E-state index is 13.6. The predicted octanol–water partition coefficient (Wildman–Crippen LogP) is 5.55. The van der Waals surface area contributed by atoms with Crippen LogP contribution in [0.3, 0.4) is 0 Å². The third kappa shape index (κ3) is 13.2. The fourth-order valence-corrected chi connectivity index (χ4v) is 9.90. The van der Waals surface area contributed by atoms with E-state index in [9.17, 15) is 24.0 Å². The third-order valence-electron chi connectivity index (χ3n) is 14.1. The second-order valence-corrected chi connectivity index (χ2v) is 19.1. The molecule has 0 aliphatic carbocycles. The molecule has 3 saturated heterocycles. The predicted molar refractivity (Wildman–Crippen MR) is 280 cm³/mol. The maximum Gasteiger partial charge on any atom is 0.255 e. The van der Waals surface area contributed by atoms with Gasteiger partial charge in [-0.05, 0) is 137 Å². The van der Waals surface area contributed by atoms with Crippen LogP contribution in [0, 0.1) is 0 Å². The van der Waals surface area contributed by atoms with Crippen molar-refractivity contribution in [3.05, 3.63) is 119 Å². The highest BCUT2D eigenvalue weighted by atomic mass is 35.5. The Hall–Kier alpha value is -6.93. The molecule has 4 aliphatic heterocycles. The fourth-order valence-electron chi connectivity index (χ4n) is 9.90. The van der Waals surface area contributed by atoms with Gasteiger partial charge in [0.25, 0.3) is 11.8 Å². The van der Waals surface area contributed by atoms with Crippen molar-refractivity contribution >= 4 is 53.3 Å². The molecule has 0 bridgehead atoms. The molecule has 1 unspecified atom stereocenters. The Morgan fingerprint density at radius 3 is 2.42 bits per heavy atom. The number of nitrogens with one attached hydrogen (secondary N) is 5. The van der Waals surface area contributed by atoms with Crippen LogP contribution in [-0.2, 0) is 35.9 Å². The zero-order valence-corrected chi connectivity index (χ0v) is 42.6. The highest BCUT2D eigenvalue weighted by Crippen LogP contribution is 2.35. The molecule has 3 aromatic carbocycles. The van der Waals surface area contributed by atoms with E-state index in [1.807, 2.05) is 90.7 Å². The number of nitrogens with zero attached hydrogens (tertiary/aromatic N) is 6. The quantitative estimate of drug-likeness (QED) is 0.0424. The zero-order chi connectivity index (χ0) is 50.6. The second kappa shape index (κ2) is 25.3. The molecule has 20 heteroatoms. The molecule has 392 valence electrons. The normalized spacial score (nSPS) is 17.8. The number of amides is 5. The minimum Gasteiger partial charge on any atom is -0.494 e. The van der Waals surface area contributed by atoms with Crippen LogP contribution in [0.2, 0.25) is 0 Å². The van der Waals surface area contributed by atoms with Gasteiger partial charge in [-0.3, -0.25) is 34.3 Å². The number of carbonyl (C=O) groups excluding carboxylic acids is 5. The van der Waals surface area contributed by atoms with Gasteiger partial charge < -0.3 is 49.8 Å². The summed E-state index contributed by atoms with van der Waals surface area (Å²) in [6, 6.07) is 24.0. The number of hydrogen-bond acceptors (Lipinski definition) is 14. The number of aromatic nitrogens is 4. The Bertz CT molecular complexity index is 2730. The molecule has 0 saturated carbocycles. The number of unbranched alkanes of at least 4 members (excludes halogenated alkanes) is 2. The molecular formula is C54H66ClN11O8. The van der Waals surface area contributed by atoms with E-state index in [0.29, 0.717) is 88.9 Å². The number of ether oxygens (including phenoxy) is 3. The molecule has 19 nitrogen and oxygen atoms in total. The highest BCUT2D eigenvalue weighted by molar-refractivity contribution is 6.05. The number of benzene rings is 3. The lowest BCUT2D eigenvalue weighted by molar-refractivity contribution is -0.137. The highest BCUT2D eigenvalue weighted by Gasteiger charge is 2.40. The van der Waals surface area contributed by atoms with Crippen LogP contribution in [0.25, 0.3) is 11.4 Å². The monoisotopic (exact) mass is 1030 g/mol. The molecule has 0 spiro atoms. The number of carbonyl (C=O) groups is 5. The molecule has 9 rings (SSSR count). The zero-order valence-electron chi connectivity index (χ0n) is 41.8. The second-order valence-electron chi connectivity index (χ2n) is 19.1. The first kappa shape index (κ1) is 53.4. The Kier molecular flexibility index (Phi) is 18.3. The van der Waals surface area contributed by atoms with E-state index >= 15 is 0 Å². The molecule has 3 fully saturated rings. The number of hydrogen-bond donors (Lipinski definition) is 5. The molecule has 74 heavy (non-hydrogen) atoms. The fraction of sp³-hybridized carbons (Fsp3) is 0.444. The smallest absolute Gasteiger partial charge is 0.255 e. The largest absolute Gasteiger partial charge is 0.494 e. The summed E-state index contributed by atoms with van der Waals surface area (Å²) in [6.07, 6.45) is 9.03. The molecule has 5 amide bonds. The SMILES string of the molecule is C[C@@H](NC(=O)c1cccc(NC2(c3nnc(-c4ccncc4)[nH]3)CCNCC2)c1)c1cccc(OCCCCCOCCCOCC(=O)N2CCN(c3ccc4c(c3)CN(C3CCC(=O)NC3=O)C4=O)CC2)c1.Cl. The van der Waals surface area contributed by atoms with Gasteiger partial charge in [0.05, 0.1) is 18.2 Å². The van der Waals surface area contributed by atoms with E-state index in [-0.39, 0.29) is 55.1 Å². The summed E-state index contributed by atoms with van der Waals surface area (Å²) in [5, 5.41) is 21.7. The van der Waals surface area contributed by atoms with Gasteiger partial charge in [-0.25, -0.2) is 0 Å². The average molecular weight is 1030 g/mol. The van der Waals surface area contributed by atoms with Gasteiger partial charge in [-0.15, -0.1) is 22.6 Å². The molecule has 5 N–H and O–H groups in total. The third-order valence-corrected chi connectivity index (χ3v) is 14.1. The summed E-state index contributed by atoms with van der Waals surface area (Å²) in [5.41, 5.74) is 5.16. The van der Waals surface area contributed by atoms with Gasteiger partial charge in [0, 0.05) is 99.4 Å². The molecule has 2 atom stereocenters. The van der Waals surface area contributed by atoms with Crippen molar-refractivity contribution in [2.45, 2.75) is 82.5 Å². The number of fused-ring (bicyclic) bond motifs is 1. The molecule has 0 radical (unpaired) electrons. The van der Waals surface area contributed by atoms with Crippen molar-refractivity contribution in [2.24, 2.45) is 0 Å². The van der Waals surface area contributed by atoms with Gasteiger partial charge in [0.15, 0.2) is 11.6 Å². The van der Waals surface area contributed by atoms with Gasteiger partial charge in [-0.1, -0.05) is 18.2 Å². The van der Waals surface area contributed by atoms with Crippen LogP contribution >= 0.6 is 12.4 Å². The minimum atomic E-state index is -0.644. The maximum absolute atomic E-state index is 13.6. The van der Waals surface area contributed by atoms with Gasteiger partial charge in [-0.2, -0.15) is 0 Å². The number of imide groups is 1. The number of piperidine rings is 2. The average Bonchev–Trinajstić information content (AvgIpc) is 4.05. The summed E-state index contributed by atoms with van der Waals surface area (Å²) in [6.45, 7) is 8.61. The van der Waals surface area contributed by atoms with E-state index in [0.717, 1.165) is 84.8 Å². The number of piperazine rings is 1. The standard InChI is InChI=1S/C54H65N11O8.ClH/c1-37(57-50(68)40-9-5-10-42(32-40)60-54(18-22-56-23-19-54)53-59-49(61-62-53)38-16-20-55-21-17-38)39-8-6-11-44(34-39)73-31-4-2-3-28-71-29-7-30-72-36-48(67)64-26-24-63(25-27-64)43-12-13-45-41(33-43)35-65(52(45)70)46-14-15-47(66)58-51(46)69;/h5-6,8-13,16-17,20-21,32-34,37,46,56,60H,2-4,7,14-15,18-19,22-31,35-36H2,1H3,(H,57,68)(H,58,66,69)(H,59,61,62);1H/t37-,46?;/m1./s1. The van der Waals surface area contributed by atoms with Crippen molar-refractivity contribution in [3.8, 4) is 17.1 Å². The number of anilines is 2. The molecule has 4 aliphatic rings. The number of halogens is 1. The van der Waals surface area contributed by atoms with Crippen LogP contribution < -0.4 is 30.9 Å². The molecule has 6 heterocycles. The van der Waals surface area contributed by atoms with E-state index in [1.54, 1.807) is 17.3 Å². The molecule has 2 aromatic heterocycles. The number of rotatable bonds is 22. The Morgan fingerprint density at radius 2 is 1.61 bits per heavy atom. The summed E-state index contributed by atoms with van der Waals surface area (Å²) in [7, 11) is 0. The van der Waals surface area contributed by atoms with Gasteiger partial charge in [0.1, 0.15) is 18.4 Å². The number of pyridine rings is 1. The van der Waals surface area contributed by atoms with Crippen molar-refractivity contribution in [2.75, 3.05) is 82.5 Å². The summed E-state index contributed by atoms with van der Waals surface area (Å²) in [4.78, 5) is 76.7. The first-order valence-electron chi connectivity index (χ1n) is 25.5. The number of aromatic amines is 1. The van der Waals surface area contributed by atoms with Gasteiger partial charge in [0.2, 0.25) is 17.7 Å². The Balaban J connectivity index is 0.00000729. The van der Waals surface area contributed by atoms with Crippen LogP contribution in [0.4, 0.5) is 11.4 Å². The first-order chi connectivity index (χ1) is 35.6. The molecular weight excluding hydrogens is 966 g/mol. The lowest BCUT2D eigenvalue weighted by Crippen LogP contribution is -2.52. The van der Waals surface area contributed by atoms with Gasteiger partial charge >= 0.3 is 0 Å². The lowest BCUT2D eigenvalue weighted by Gasteiger charge is -2.37. The van der Waals surface area contributed by atoms with Crippen LogP contribution in [0.1, 0.15) is 102 Å². The van der Waals surface area contributed by atoms with Crippen molar-refractivity contribution in [1.29, 1.82) is 0 Å². The van der Waals surface area contributed by atoms with Crippen molar-refractivity contribution < 1.29 is 38.2 Å². The van der Waals surface area contributed by atoms with Crippen LogP contribution in [0.5, 0.6) is 5.75 Å². The van der Waals surface area contributed by atoms with Crippen molar-refractivity contribution in [3.63, 3.8) is 0 Å². The lowest BCUT2D eigenvalue weighted by atomic mass is 9.87. The summed E-state index contributed by atoms with van der Waals surface area (Å²) in [5.74, 6) is 1.07. The van der Waals surface area contributed by atoms with E-state index in [2.05, 4.69) is 46.3 Å². The molecule has 5 aromatic rings. The van der Waals surface area contributed by atoms with E-state index < -0.39 is 17.5 Å². The van der Waals surface area contributed by atoms with E-state index in [4.69, 9.17) is 14.2 Å². The number of H-pyrrole nitrogens is 1. The summed E-state index contributed by atoms with van der Waals surface area (Å²) < 4.78 is 17.6. The minimum absolute atomic E-state index is 0. The summed E-state index contributed by atoms with van der Waals surface area (Å²) >= 11 is 0. The topological polar surface area (TPSA) is 225 Å². The Morgan fingerprint density at radius 1 is 0.838 bits per heavy atom. The van der Waals surface area contributed by atoms with Crippen molar-refractivity contribution in [1.82, 2.24) is 45.9 Å². The Labute approximate surface area is 437 Å². The first-order valence-corrected chi connectivity index (χ1v) is 25.5. The van der Waals surface area contributed by atoms with E-state index in [1.165, 1.54) is 0 Å². The van der Waals surface area contributed by atoms with Crippen LogP contribution in [0.15, 0.2) is 91.3 Å².